The third-order valence-electron chi connectivity index (χ3n) is 5.66. The fourth-order valence-electron chi connectivity index (χ4n) is 4.13. The van der Waals surface area contributed by atoms with Crippen LogP contribution in [0.5, 0.6) is 0 Å². The normalized spacial score (nSPS) is 22.0. The molecule has 0 saturated carbocycles. The second-order valence-electron chi connectivity index (χ2n) is 7.45. The van der Waals surface area contributed by atoms with Crippen LogP contribution in [0.15, 0.2) is 54.6 Å². The molecule has 0 aliphatic carbocycles. The third-order valence-corrected chi connectivity index (χ3v) is 5.66. The average molecular weight is 364 g/mol. The summed E-state index contributed by atoms with van der Waals surface area (Å²) in [5, 5.41) is 9.17. The van der Waals surface area contributed by atoms with E-state index in [1.807, 2.05) is 40.1 Å². The van der Waals surface area contributed by atoms with E-state index >= 15 is 0 Å². The Labute approximate surface area is 159 Å². The third kappa shape index (κ3) is 3.60. The van der Waals surface area contributed by atoms with E-state index in [-0.39, 0.29) is 30.4 Å². The minimum Gasteiger partial charge on any atom is -0.392 e. The highest BCUT2D eigenvalue weighted by atomic mass is 16.3. The number of rotatable bonds is 4. The van der Waals surface area contributed by atoms with Crippen molar-refractivity contribution in [1.29, 1.82) is 0 Å². The number of hydrogen-bond donors (Lipinski definition) is 1. The maximum Gasteiger partial charge on any atom is 0.253 e. The molecule has 1 N–H and O–H groups in total. The number of hydrogen-bond acceptors (Lipinski definition) is 3. The molecule has 3 saturated heterocycles. The monoisotopic (exact) mass is 364 g/mol. The van der Waals surface area contributed by atoms with Gasteiger partial charge in [0, 0.05) is 31.2 Å². The number of fused-ring (bicyclic) bond motifs is 4. The Morgan fingerprint density at radius 3 is 2.41 bits per heavy atom. The lowest BCUT2D eigenvalue weighted by molar-refractivity contribution is -0.140. The Kier molecular flexibility index (Phi) is 4.94. The van der Waals surface area contributed by atoms with Crippen molar-refractivity contribution in [3.05, 3.63) is 71.3 Å². The van der Waals surface area contributed by atoms with Crippen molar-refractivity contribution in [2.75, 3.05) is 13.1 Å². The number of carbonyl (C=O) groups excluding carboxylic acids is 2. The van der Waals surface area contributed by atoms with Crippen molar-refractivity contribution in [1.82, 2.24) is 9.80 Å². The second-order valence-corrected chi connectivity index (χ2v) is 7.45. The van der Waals surface area contributed by atoms with Gasteiger partial charge in [0.05, 0.1) is 12.5 Å². The van der Waals surface area contributed by atoms with Crippen LogP contribution in [-0.4, -0.2) is 45.9 Å². The molecule has 3 aliphatic heterocycles. The maximum absolute atomic E-state index is 13.0. The van der Waals surface area contributed by atoms with Crippen molar-refractivity contribution < 1.29 is 14.7 Å². The molecule has 0 spiro atoms. The molecule has 5 rings (SSSR count). The van der Waals surface area contributed by atoms with Gasteiger partial charge in [-0.1, -0.05) is 42.5 Å². The molecular weight excluding hydrogens is 340 g/mol. The van der Waals surface area contributed by atoms with Gasteiger partial charge in [-0.3, -0.25) is 9.59 Å². The first-order valence-electron chi connectivity index (χ1n) is 9.49. The van der Waals surface area contributed by atoms with E-state index in [9.17, 15) is 14.7 Å². The summed E-state index contributed by atoms with van der Waals surface area (Å²) >= 11 is 0. The van der Waals surface area contributed by atoms with Gasteiger partial charge in [-0.15, -0.1) is 0 Å². The van der Waals surface area contributed by atoms with Crippen LogP contribution in [-0.2, 0) is 17.9 Å². The number of nitrogens with zero attached hydrogens (tertiary/aromatic N) is 2. The van der Waals surface area contributed by atoms with Crippen molar-refractivity contribution in [2.24, 2.45) is 5.92 Å². The minimum atomic E-state index is -0.117. The molecule has 0 unspecified atom stereocenters. The van der Waals surface area contributed by atoms with Crippen LogP contribution < -0.4 is 0 Å². The molecule has 5 nitrogen and oxygen atoms in total. The molecule has 2 aromatic carbocycles. The average Bonchev–Trinajstić information content (AvgIpc) is 3.01. The molecule has 0 aromatic heterocycles. The van der Waals surface area contributed by atoms with Crippen LogP contribution >= 0.6 is 0 Å². The highest BCUT2D eigenvalue weighted by Gasteiger charge is 2.41. The van der Waals surface area contributed by atoms with Gasteiger partial charge in [-0.2, -0.15) is 0 Å². The minimum absolute atomic E-state index is 0.0363. The van der Waals surface area contributed by atoms with E-state index in [0.29, 0.717) is 25.2 Å². The van der Waals surface area contributed by atoms with E-state index in [1.54, 1.807) is 24.3 Å². The first-order valence-corrected chi connectivity index (χ1v) is 9.49. The molecule has 3 fully saturated rings. The Balaban J connectivity index is 1.53. The number of piperidine rings is 1. The van der Waals surface area contributed by atoms with Crippen LogP contribution in [0.1, 0.15) is 34.3 Å². The fourth-order valence-corrected chi connectivity index (χ4v) is 4.13. The summed E-state index contributed by atoms with van der Waals surface area (Å²) in [6, 6.07) is 17.1. The quantitative estimate of drug-likeness (QED) is 0.906. The Bertz CT molecular complexity index is 819. The molecule has 5 heteroatoms. The van der Waals surface area contributed by atoms with Gasteiger partial charge >= 0.3 is 0 Å². The van der Waals surface area contributed by atoms with E-state index in [4.69, 9.17) is 0 Å². The van der Waals surface area contributed by atoms with Crippen LogP contribution in [0.3, 0.4) is 0 Å². The standard InChI is InChI=1S/C22H24N2O3/c25-15-17-6-8-18(9-7-17)21(26)23-13-19-10-11-20(14-23)24(22(19)27)12-16-4-2-1-3-5-16/h1-9,19-20,25H,10-15H2/t19-,20+/m0/s1. The largest absolute Gasteiger partial charge is 0.392 e. The van der Waals surface area contributed by atoms with Crippen LogP contribution in [0.25, 0.3) is 0 Å². The van der Waals surface area contributed by atoms with Gasteiger partial charge in [0.15, 0.2) is 0 Å². The first-order chi connectivity index (χ1) is 13.2. The van der Waals surface area contributed by atoms with Crippen molar-refractivity contribution in [3.63, 3.8) is 0 Å². The molecule has 3 heterocycles. The predicted octanol–water partition coefficient (Wildman–Crippen LogP) is 2.44. The van der Waals surface area contributed by atoms with Crippen LogP contribution in [0, 0.1) is 5.92 Å². The zero-order chi connectivity index (χ0) is 18.8. The van der Waals surface area contributed by atoms with E-state index in [0.717, 1.165) is 24.0 Å². The van der Waals surface area contributed by atoms with E-state index in [2.05, 4.69) is 0 Å². The fraction of sp³-hybridized carbons (Fsp3) is 0.364. The SMILES string of the molecule is O=C(c1ccc(CO)cc1)N1C[C@@H]2CC[C@H](C1)N(Cc1ccccc1)C2=O. The topological polar surface area (TPSA) is 60.9 Å². The number of aliphatic hydroxyl groups is 1. The number of carbonyl (C=O) groups is 2. The maximum atomic E-state index is 13.0. The lowest BCUT2D eigenvalue weighted by Gasteiger charge is -2.36. The molecule has 2 aromatic rings. The summed E-state index contributed by atoms with van der Waals surface area (Å²) in [7, 11) is 0. The first kappa shape index (κ1) is 17.7. The second kappa shape index (κ2) is 7.53. The van der Waals surface area contributed by atoms with Crippen LogP contribution in [0.4, 0.5) is 0 Å². The van der Waals surface area contributed by atoms with E-state index in [1.165, 1.54) is 0 Å². The molecule has 140 valence electrons. The predicted molar refractivity (Wildman–Crippen MR) is 102 cm³/mol. The van der Waals surface area contributed by atoms with Gasteiger partial charge in [-0.05, 0) is 36.1 Å². The molecule has 2 bridgehead atoms. The molecule has 27 heavy (non-hydrogen) atoms. The lowest BCUT2D eigenvalue weighted by atomic mass is 9.93. The molecule has 2 atom stereocenters. The molecule has 0 radical (unpaired) electrons. The summed E-state index contributed by atoms with van der Waals surface area (Å²) in [5.41, 5.74) is 2.51. The lowest BCUT2D eigenvalue weighted by Crippen LogP contribution is -2.47. The summed E-state index contributed by atoms with van der Waals surface area (Å²) < 4.78 is 0. The van der Waals surface area contributed by atoms with Crippen LogP contribution in [0.2, 0.25) is 0 Å². The number of benzene rings is 2. The number of aliphatic hydroxyl groups excluding tert-OH is 1. The van der Waals surface area contributed by atoms with E-state index < -0.39 is 0 Å². The summed E-state index contributed by atoms with van der Waals surface area (Å²) in [6.45, 7) is 1.64. The summed E-state index contributed by atoms with van der Waals surface area (Å²) in [6.07, 6.45) is 1.79. The van der Waals surface area contributed by atoms with Crippen molar-refractivity contribution >= 4 is 11.8 Å². The van der Waals surface area contributed by atoms with Crippen molar-refractivity contribution in [2.45, 2.75) is 32.0 Å². The number of amides is 2. The molecular formula is C22H24N2O3. The summed E-state index contributed by atoms with van der Waals surface area (Å²) in [5.74, 6) is 0.0138. The van der Waals surface area contributed by atoms with Gasteiger partial charge < -0.3 is 14.9 Å². The van der Waals surface area contributed by atoms with Gasteiger partial charge in [0.2, 0.25) is 5.91 Å². The molecule has 3 aliphatic rings. The summed E-state index contributed by atoms with van der Waals surface area (Å²) in [4.78, 5) is 29.7. The molecule has 2 amide bonds. The van der Waals surface area contributed by atoms with Gasteiger partial charge in [-0.25, -0.2) is 0 Å². The highest BCUT2D eigenvalue weighted by molar-refractivity contribution is 5.95. The Hall–Kier alpha value is -2.66. The Morgan fingerprint density at radius 1 is 0.963 bits per heavy atom. The highest BCUT2D eigenvalue weighted by Crippen LogP contribution is 2.31. The smallest absolute Gasteiger partial charge is 0.253 e. The Morgan fingerprint density at radius 2 is 1.70 bits per heavy atom. The van der Waals surface area contributed by atoms with Gasteiger partial charge in [0.25, 0.3) is 5.91 Å². The zero-order valence-corrected chi connectivity index (χ0v) is 15.3. The van der Waals surface area contributed by atoms with Gasteiger partial charge in [0.1, 0.15) is 0 Å². The van der Waals surface area contributed by atoms with Crippen molar-refractivity contribution in [3.8, 4) is 0 Å². The zero-order valence-electron chi connectivity index (χ0n) is 15.3.